The van der Waals surface area contributed by atoms with Gasteiger partial charge in [-0.1, -0.05) is 0 Å². The summed E-state index contributed by atoms with van der Waals surface area (Å²) in [5, 5.41) is 14.7. The molecule has 0 aliphatic heterocycles. The van der Waals surface area contributed by atoms with Crippen LogP contribution in [0.5, 0.6) is 11.6 Å². The van der Waals surface area contributed by atoms with Crippen molar-refractivity contribution in [1.29, 1.82) is 0 Å². The van der Waals surface area contributed by atoms with Gasteiger partial charge in [-0.25, -0.2) is 14.6 Å². The lowest BCUT2D eigenvalue weighted by molar-refractivity contribution is 0.101. The monoisotopic (exact) mass is 375 g/mol. The van der Waals surface area contributed by atoms with E-state index in [1.54, 1.807) is 53.5 Å². The largest absolute Gasteiger partial charge is 0.493 e. The van der Waals surface area contributed by atoms with Crippen molar-refractivity contribution in [3.63, 3.8) is 0 Å². The summed E-state index contributed by atoms with van der Waals surface area (Å²) in [6.07, 6.45) is 3.42. The Hall–Kier alpha value is -3.94. The molecule has 8 nitrogen and oxygen atoms in total. The molecule has 0 bridgehead atoms. The molecule has 0 unspecified atom stereocenters. The first-order valence-corrected chi connectivity index (χ1v) is 8.54. The zero-order chi connectivity index (χ0) is 19.7. The van der Waals surface area contributed by atoms with Gasteiger partial charge in [-0.05, 0) is 43.3 Å². The number of pyridine rings is 2. The van der Waals surface area contributed by atoms with Crippen molar-refractivity contribution in [3.05, 3.63) is 66.1 Å². The number of carbonyl (C=O) groups is 1. The van der Waals surface area contributed by atoms with Crippen LogP contribution in [-0.4, -0.2) is 30.6 Å². The van der Waals surface area contributed by atoms with Crippen molar-refractivity contribution in [3.8, 4) is 17.3 Å². The number of fused-ring (bicyclic) bond motifs is 1. The van der Waals surface area contributed by atoms with Crippen LogP contribution in [0.25, 0.3) is 16.6 Å². The van der Waals surface area contributed by atoms with Gasteiger partial charge in [0.1, 0.15) is 12.3 Å². The standard InChI is InChI=1S/C20H17N5O3/c1-12(26)13-3-4-15-14(9-13)10-18(20(21)24-15)28-11-16-17(5-6-19(27)23-16)25-8-2-7-22-25/h2-10H,11H2,1H3,(H2,21,24)(H,23,27). The Balaban J connectivity index is 1.67. The van der Waals surface area contributed by atoms with Crippen LogP contribution in [0.1, 0.15) is 23.0 Å². The van der Waals surface area contributed by atoms with E-state index in [0.29, 0.717) is 28.2 Å². The van der Waals surface area contributed by atoms with Gasteiger partial charge < -0.3 is 15.6 Å². The van der Waals surface area contributed by atoms with Gasteiger partial charge in [0.15, 0.2) is 17.4 Å². The van der Waals surface area contributed by atoms with Crippen LogP contribution in [-0.2, 0) is 6.61 Å². The lowest BCUT2D eigenvalue weighted by Crippen LogP contribution is -2.07. The van der Waals surface area contributed by atoms with E-state index in [9.17, 15) is 9.90 Å². The number of aromatic hydroxyl groups is 1. The van der Waals surface area contributed by atoms with Crippen LogP contribution < -0.4 is 10.5 Å². The van der Waals surface area contributed by atoms with E-state index >= 15 is 0 Å². The average molecular weight is 375 g/mol. The first-order chi connectivity index (χ1) is 13.5. The molecule has 0 aliphatic rings. The maximum atomic E-state index is 11.6. The summed E-state index contributed by atoms with van der Waals surface area (Å²) in [4.78, 5) is 20.1. The molecule has 3 aromatic heterocycles. The Morgan fingerprint density at radius 3 is 2.82 bits per heavy atom. The van der Waals surface area contributed by atoms with E-state index in [0.717, 1.165) is 5.39 Å². The quantitative estimate of drug-likeness (QED) is 0.515. The second kappa shape index (κ2) is 6.99. The van der Waals surface area contributed by atoms with Crippen LogP contribution in [0, 0.1) is 0 Å². The summed E-state index contributed by atoms with van der Waals surface area (Å²) in [6.45, 7) is 1.56. The van der Waals surface area contributed by atoms with Gasteiger partial charge >= 0.3 is 0 Å². The average Bonchev–Trinajstić information content (AvgIpc) is 3.20. The van der Waals surface area contributed by atoms with Gasteiger partial charge in [0.05, 0.1) is 11.2 Å². The fraction of sp³-hybridized carbons (Fsp3) is 0.100. The molecule has 0 spiro atoms. The topological polar surface area (TPSA) is 116 Å². The molecule has 3 heterocycles. The smallest absolute Gasteiger partial charge is 0.211 e. The van der Waals surface area contributed by atoms with Crippen LogP contribution in [0.2, 0.25) is 0 Å². The third-order valence-electron chi connectivity index (χ3n) is 4.27. The molecule has 28 heavy (non-hydrogen) atoms. The Kier molecular flexibility index (Phi) is 4.36. The minimum atomic E-state index is -0.120. The van der Waals surface area contributed by atoms with E-state index < -0.39 is 0 Å². The number of ketones is 1. The van der Waals surface area contributed by atoms with Gasteiger partial charge in [-0.15, -0.1) is 0 Å². The number of aromatic nitrogens is 4. The summed E-state index contributed by atoms with van der Waals surface area (Å²) in [5.41, 5.74) is 8.44. The Morgan fingerprint density at radius 2 is 2.07 bits per heavy atom. The number of nitrogens with zero attached hydrogens (tertiary/aromatic N) is 4. The van der Waals surface area contributed by atoms with E-state index in [4.69, 9.17) is 10.5 Å². The molecule has 0 saturated carbocycles. The third kappa shape index (κ3) is 3.35. The van der Waals surface area contributed by atoms with E-state index in [-0.39, 0.29) is 24.1 Å². The highest BCUT2D eigenvalue weighted by atomic mass is 16.5. The highest BCUT2D eigenvalue weighted by molar-refractivity contribution is 5.98. The zero-order valence-electron chi connectivity index (χ0n) is 15.0. The molecule has 0 saturated heterocycles. The van der Waals surface area contributed by atoms with Crippen LogP contribution >= 0.6 is 0 Å². The van der Waals surface area contributed by atoms with Gasteiger partial charge in [-0.3, -0.25) is 4.79 Å². The van der Waals surface area contributed by atoms with E-state index in [1.807, 2.05) is 0 Å². The maximum Gasteiger partial charge on any atom is 0.211 e. The first kappa shape index (κ1) is 17.5. The van der Waals surface area contributed by atoms with Crippen molar-refractivity contribution in [2.24, 2.45) is 0 Å². The molecule has 4 aromatic rings. The number of anilines is 1. The molecular weight excluding hydrogens is 358 g/mol. The number of benzene rings is 1. The molecule has 4 rings (SSSR count). The highest BCUT2D eigenvalue weighted by Gasteiger charge is 2.12. The summed E-state index contributed by atoms with van der Waals surface area (Å²) in [6, 6.07) is 11.9. The van der Waals surface area contributed by atoms with E-state index in [2.05, 4.69) is 15.1 Å². The van der Waals surface area contributed by atoms with Gasteiger partial charge in [0, 0.05) is 29.4 Å². The minimum Gasteiger partial charge on any atom is -0.493 e. The number of nitrogen functional groups attached to an aromatic ring is 1. The van der Waals surface area contributed by atoms with Gasteiger partial charge in [0.2, 0.25) is 5.88 Å². The van der Waals surface area contributed by atoms with Crippen LogP contribution in [0.3, 0.4) is 0 Å². The first-order valence-electron chi connectivity index (χ1n) is 8.54. The molecule has 0 fully saturated rings. The molecule has 3 N–H and O–H groups in total. The summed E-state index contributed by atoms with van der Waals surface area (Å²) >= 11 is 0. The molecule has 140 valence electrons. The number of ether oxygens (including phenoxy) is 1. The summed E-state index contributed by atoms with van der Waals surface area (Å²) in [7, 11) is 0. The number of hydrogen-bond donors (Lipinski definition) is 2. The Labute approximate surface area is 160 Å². The zero-order valence-corrected chi connectivity index (χ0v) is 15.0. The van der Waals surface area contributed by atoms with Gasteiger partial charge in [-0.2, -0.15) is 5.10 Å². The van der Waals surface area contributed by atoms with Crippen molar-refractivity contribution in [1.82, 2.24) is 19.7 Å². The van der Waals surface area contributed by atoms with E-state index in [1.165, 1.54) is 13.0 Å². The fourth-order valence-corrected chi connectivity index (χ4v) is 2.86. The molecule has 1 aromatic carbocycles. The predicted molar refractivity (Wildman–Crippen MR) is 104 cm³/mol. The van der Waals surface area contributed by atoms with Crippen LogP contribution in [0.15, 0.2) is 54.9 Å². The van der Waals surface area contributed by atoms with Crippen molar-refractivity contribution < 1.29 is 14.6 Å². The molecular formula is C20H17N5O3. The molecule has 8 heteroatoms. The Bertz CT molecular complexity index is 1170. The van der Waals surface area contributed by atoms with Crippen molar-refractivity contribution in [2.75, 3.05) is 5.73 Å². The number of Topliss-reactive ketones (excluding diaryl/α,β-unsaturated/α-hetero) is 1. The second-order valence-electron chi connectivity index (χ2n) is 6.21. The number of carbonyl (C=O) groups excluding carboxylic acids is 1. The molecule has 0 radical (unpaired) electrons. The fourth-order valence-electron chi connectivity index (χ4n) is 2.86. The highest BCUT2D eigenvalue weighted by Crippen LogP contribution is 2.27. The number of hydrogen-bond acceptors (Lipinski definition) is 7. The summed E-state index contributed by atoms with van der Waals surface area (Å²) in [5.74, 6) is 0.438. The van der Waals surface area contributed by atoms with Crippen LogP contribution in [0.4, 0.5) is 5.82 Å². The lowest BCUT2D eigenvalue weighted by atomic mass is 10.1. The second-order valence-corrected chi connectivity index (χ2v) is 6.21. The SMILES string of the molecule is CC(=O)c1ccc2nc(N)c(OCc3nc(O)ccc3-n3cccn3)cc2c1. The summed E-state index contributed by atoms with van der Waals surface area (Å²) < 4.78 is 7.47. The number of nitrogens with two attached hydrogens (primary N) is 1. The number of rotatable bonds is 5. The van der Waals surface area contributed by atoms with Gasteiger partial charge in [0.25, 0.3) is 0 Å². The molecule has 0 amide bonds. The van der Waals surface area contributed by atoms with Crippen molar-refractivity contribution in [2.45, 2.75) is 13.5 Å². The predicted octanol–water partition coefficient (Wildman–Crippen LogP) is 2.88. The lowest BCUT2D eigenvalue weighted by Gasteiger charge is -2.12. The Morgan fingerprint density at radius 1 is 1.21 bits per heavy atom. The minimum absolute atomic E-state index is 0.0333. The van der Waals surface area contributed by atoms with Crippen molar-refractivity contribution >= 4 is 22.5 Å². The molecule has 0 aliphatic carbocycles. The maximum absolute atomic E-state index is 11.6. The third-order valence-corrected chi connectivity index (χ3v) is 4.27. The molecule has 0 atom stereocenters. The normalized spacial score (nSPS) is 10.9.